The molecule has 3 rings (SSSR count). The van der Waals surface area contributed by atoms with Crippen LogP contribution in [0.25, 0.3) is 0 Å². The molecule has 1 aliphatic heterocycles. The van der Waals surface area contributed by atoms with Gasteiger partial charge in [-0.25, -0.2) is 4.79 Å². The van der Waals surface area contributed by atoms with Gasteiger partial charge in [-0.15, -0.1) is 0 Å². The molecular weight excluding hydrogens is 204 g/mol. The number of aromatic nitrogens is 2. The summed E-state index contributed by atoms with van der Waals surface area (Å²) in [7, 11) is 0. The van der Waals surface area contributed by atoms with Crippen LogP contribution in [0.4, 0.5) is 5.82 Å². The zero-order valence-electron chi connectivity index (χ0n) is 9.18. The summed E-state index contributed by atoms with van der Waals surface area (Å²) in [5, 5.41) is 6.64. The second kappa shape index (κ2) is 3.90. The van der Waals surface area contributed by atoms with Gasteiger partial charge in [0.25, 0.3) is 0 Å². The normalized spacial score (nSPS) is 20.0. The van der Waals surface area contributed by atoms with Crippen molar-refractivity contribution in [1.82, 2.24) is 15.3 Å². The van der Waals surface area contributed by atoms with Crippen LogP contribution in [0.1, 0.15) is 30.5 Å². The summed E-state index contributed by atoms with van der Waals surface area (Å²) in [6.45, 7) is 1.70. The summed E-state index contributed by atoms with van der Waals surface area (Å²) in [6.07, 6.45) is 4.61. The number of fused-ring (bicyclic) bond motifs is 1. The fourth-order valence-electron chi connectivity index (χ4n) is 2.26. The Balaban J connectivity index is 1.94. The van der Waals surface area contributed by atoms with Crippen LogP contribution in [0.15, 0.2) is 4.79 Å². The molecule has 0 amide bonds. The number of anilines is 1. The zero-order chi connectivity index (χ0) is 11.0. The van der Waals surface area contributed by atoms with Crippen LogP contribution in [0.2, 0.25) is 0 Å². The highest BCUT2D eigenvalue weighted by Gasteiger charge is 2.21. The lowest BCUT2D eigenvalue weighted by atomic mass is 9.93. The van der Waals surface area contributed by atoms with Crippen LogP contribution in [-0.4, -0.2) is 22.6 Å². The van der Waals surface area contributed by atoms with Gasteiger partial charge in [0, 0.05) is 23.8 Å². The first-order valence-corrected chi connectivity index (χ1v) is 5.92. The molecule has 86 valence electrons. The number of hydrogen-bond acceptors (Lipinski definition) is 4. The molecule has 0 aromatic carbocycles. The van der Waals surface area contributed by atoms with Crippen molar-refractivity contribution in [2.45, 2.75) is 38.3 Å². The van der Waals surface area contributed by atoms with Gasteiger partial charge in [-0.05, 0) is 32.2 Å². The summed E-state index contributed by atoms with van der Waals surface area (Å²) >= 11 is 0. The van der Waals surface area contributed by atoms with Gasteiger partial charge in [0.05, 0.1) is 0 Å². The first kappa shape index (κ1) is 9.84. The van der Waals surface area contributed by atoms with Crippen LogP contribution in [0.5, 0.6) is 0 Å². The van der Waals surface area contributed by atoms with Crippen LogP contribution >= 0.6 is 0 Å². The van der Waals surface area contributed by atoms with E-state index in [1.165, 1.54) is 24.8 Å². The molecule has 1 aromatic rings. The fourth-order valence-corrected chi connectivity index (χ4v) is 2.26. The Morgan fingerprint density at radius 1 is 1.38 bits per heavy atom. The molecule has 0 saturated heterocycles. The van der Waals surface area contributed by atoms with Gasteiger partial charge < -0.3 is 15.6 Å². The van der Waals surface area contributed by atoms with Crippen LogP contribution in [-0.2, 0) is 13.0 Å². The van der Waals surface area contributed by atoms with Crippen molar-refractivity contribution >= 4 is 5.82 Å². The number of H-pyrrole nitrogens is 1. The van der Waals surface area contributed by atoms with E-state index in [0.717, 1.165) is 31.0 Å². The van der Waals surface area contributed by atoms with Crippen molar-refractivity contribution in [1.29, 1.82) is 0 Å². The number of nitrogens with zero attached hydrogens (tertiary/aromatic N) is 1. The van der Waals surface area contributed by atoms with Crippen LogP contribution in [0.3, 0.4) is 0 Å². The van der Waals surface area contributed by atoms with Crippen LogP contribution < -0.4 is 16.3 Å². The molecule has 1 aliphatic carbocycles. The van der Waals surface area contributed by atoms with Crippen molar-refractivity contribution in [3.63, 3.8) is 0 Å². The van der Waals surface area contributed by atoms with Gasteiger partial charge in [0.1, 0.15) is 5.82 Å². The summed E-state index contributed by atoms with van der Waals surface area (Å²) in [5.74, 6) is 0.810. The molecule has 1 saturated carbocycles. The summed E-state index contributed by atoms with van der Waals surface area (Å²) in [4.78, 5) is 18.3. The average Bonchev–Trinajstić information content (AvgIpc) is 2.23. The topological polar surface area (TPSA) is 69.8 Å². The van der Waals surface area contributed by atoms with Crippen molar-refractivity contribution in [2.24, 2.45) is 0 Å². The zero-order valence-corrected chi connectivity index (χ0v) is 9.18. The first-order valence-electron chi connectivity index (χ1n) is 5.92. The smallest absolute Gasteiger partial charge is 0.347 e. The quantitative estimate of drug-likeness (QED) is 0.674. The van der Waals surface area contributed by atoms with Gasteiger partial charge in [-0.2, -0.15) is 4.98 Å². The Bertz CT molecular complexity index is 450. The van der Waals surface area contributed by atoms with E-state index in [4.69, 9.17) is 0 Å². The first-order chi connectivity index (χ1) is 7.83. The van der Waals surface area contributed by atoms with Crippen molar-refractivity contribution in [2.75, 3.05) is 11.9 Å². The number of nitrogens with one attached hydrogen (secondary N) is 3. The minimum Gasteiger partial charge on any atom is -0.367 e. The molecular formula is C11H16N4O. The summed E-state index contributed by atoms with van der Waals surface area (Å²) in [5.41, 5.74) is 1.93. The molecule has 16 heavy (non-hydrogen) atoms. The van der Waals surface area contributed by atoms with Crippen molar-refractivity contribution < 1.29 is 0 Å². The van der Waals surface area contributed by atoms with Crippen molar-refractivity contribution in [3.05, 3.63) is 21.7 Å². The maximum Gasteiger partial charge on any atom is 0.347 e. The minimum atomic E-state index is -0.246. The molecule has 0 unspecified atom stereocenters. The SMILES string of the molecule is O=c1nc(NC2CCC2)c2c([nH]1)CNCC2. The van der Waals surface area contributed by atoms with E-state index in [1.54, 1.807) is 0 Å². The molecule has 1 aromatic heterocycles. The largest absolute Gasteiger partial charge is 0.367 e. The molecule has 3 N–H and O–H groups in total. The Morgan fingerprint density at radius 3 is 3.00 bits per heavy atom. The Kier molecular flexibility index (Phi) is 2.40. The highest BCUT2D eigenvalue weighted by Crippen LogP contribution is 2.25. The predicted molar refractivity (Wildman–Crippen MR) is 61.5 cm³/mol. The van der Waals surface area contributed by atoms with E-state index < -0.39 is 0 Å². The van der Waals surface area contributed by atoms with E-state index in [1.807, 2.05) is 0 Å². The lowest BCUT2D eigenvalue weighted by molar-refractivity contribution is 0.443. The second-order valence-electron chi connectivity index (χ2n) is 4.55. The fraction of sp³-hybridized carbons (Fsp3) is 0.636. The van der Waals surface area contributed by atoms with Gasteiger partial charge in [0.2, 0.25) is 0 Å². The monoisotopic (exact) mass is 220 g/mol. The number of rotatable bonds is 2. The number of hydrogen-bond donors (Lipinski definition) is 3. The average molecular weight is 220 g/mol. The Hall–Kier alpha value is -1.36. The molecule has 2 heterocycles. The molecule has 0 radical (unpaired) electrons. The van der Waals surface area contributed by atoms with Gasteiger partial charge in [-0.3, -0.25) is 0 Å². The molecule has 1 fully saturated rings. The lowest BCUT2D eigenvalue weighted by Gasteiger charge is -2.29. The maximum atomic E-state index is 11.4. The molecule has 0 spiro atoms. The lowest BCUT2D eigenvalue weighted by Crippen LogP contribution is -2.33. The Labute approximate surface area is 93.7 Å². The molecule has 0 atom stereocenters. The molecule has 5 nitrogen and oxygen atoms in total. The standard InChI is InChI=1S/C11H16N4O/c16-11-14-9-6-12-5-4-8(9)10(15-11)13-7-2-1-3-7/h7,12H,1-6H2,(H2,13,14,15,16). The summed E-state index contributed by atoms with van der Waals surface area (Å²) in [6, 6.07) is 0.522. The molecule has 0 bridgehead atoms. The highest BCUT2D eigenvalue weighted by atomic mass is 16.1. The predicted octanol–water partition coefficient (Wildman–Crippen LogP) is 0.380. The van der Waals surface area contributed by atoms with Crippen molar-refractivity contribution in [3.8, 4) is 0 Å². The van der Waals surface area contributed by atoms with Crippen LogP contribution in [0, 0.1) is 0 Å². The third-order valence-electron chi connectivity index (χ3n) is 3.42. The highest BCUT2D eigenvalue weighted by molar-refractivity contribution is 5.48. The third kappa shape index (κ3) is 1.71. The van der Waals surface area contributed by atoms with E-state index in [-0.39, 0.29) is 5.69 Å². The minimum absolute atomic E-state index is 0.246. The van der Waals surface area contributed by atoms with Gasteiger partial charge in [-0.1, -0.05) is 0 Å². The number of aromatic amines is 1. The van der Waals surface area contributed by atoms with E-state index >= 15 is 0 Å². The maximum absolute atomic E-state index is 11.4. The third-order valence-corrected chi connectivity index (χ3v) is 3.42. The molecule has 2 aliphatic rings. The summed E-state index contributed by atoms with van der Waals surface area (Å²) < 4.78 is 0. The second-order valence-corrected chi connectivity index (χ2v) is 4.55. The van der Waals surface area contributed by atoms with E-state index in [9.17, 15) is 4.79 Å². The van der Waals surface area contributed by atoms with Gasteiger partial charge >= 0.3 is 5.69 Å². The van der Waals surface area contributed by atoms with E-state index in [0.29, 0.717) is 6.04 Å². The molecule has 5 heteroatoms. The van der Waals surface area contributed by atoms with Gasteiger partial charge in [0.15, 0.2) is 0 Å². The van der Waals surface area contributed by atoms with E-state index in [2.05, 4.69) is 20.6 Å². The Morgan fingerprint density at radius 2 is 2.25 bits per heavy atom.